The molecule has 0 radical (unpaired) electrons. The number of fused-ring (bicyclic) bond motifs is 3. The van der Waals surface area contributed by atoms with Crippen LogP contribution in [0.25, 0.3) is 10.8 Å². The van der Waals surface area contributed by atoms with Gasteiger partial charge in [-0.15, -0.1) is 0 Å². The molecule has 2 aromatic rings. The predicted octanol–water partition coefficient (Wildman–Crippen LogP) is 5.09. The molecule has 2 saturated heterocycles. The van der Waals surface area contributed by atoms with Crippen molar-refractivity contribution in [2.45, 2.75) is 87.8 Å². The van der Waals surface area contributed by atoms with Crippen LogP contribution in [0.2, 0.25) is 0 Å². The van der Waals surface area contributed by atoms with Gasteiger partial charge in [-0.25, -0.2) is 8.42 Å². The summed E-state index contributed by atoms with van der Waals surface area (Å²) in [6, 6.07) is 12.0. The van der Waals surface area contributed by atoms with Gasteiger partial charge in [0.05, 0.1) is 4.90 Å². The Bertz CT molecular complexity index is 1050. The van der Waals surface area contributed by atoms with Gasteiger partial charge in [0.1, 0.15) is 11.9 Å². The van der Waals surface area contributed by atoms with Gasteiger partial charge in [0.25, 0.3) is 0 Å². The number of sulfonamides is 1. The van der Waals surface area contributed by atoms with Crippen molar-refractivity contribution in [3.63, 3.8) is 0 Å². The molecule has 4 unspecified atom stereocenters. The van der Waals surface area contributed by atoms with Crippen LogP contribution < -0.4 is 10.1 Å². The topological polar surface area (TPSA) is 58.6 Å². The summed E-state index contributed by atoms with van der Waals surface area (Å²) in [5.41, 5.74) is 0. The molecule has 0 aromatic heterocycles. The van der Waals surface area contributed by atoms with E-state index in [4.69, 9.17) is 4.74 Å². The lowest BCUT2D eigenvalue weighted by molar-refractivity contribution is 0.154. The molecule has 32 heavy (non-hydrogen) atoms. The van der Waals surface area contributed by atoms with Gasteiger partial charge in [-0.3, -0.25) is 0 Å². The second-order valence-corrected chi connectivity index (χ2v) is 11.9. The Labute approximate surface area is 192 Å². The molecule has 5 nitrogen and oxygen atoms in total. The highest BCUT2D eigenvalue weighted by molar-refractivity contribution is 7.89. The molecule has 3 aliphatic rings. The molecule has 2 heterocycles. The number of ether oxygens (including phenoxy) is 1. The zero-order chi connectivity index (χ0) is 22.1. The molecule has 3 fully saturated rings. The molecule has 2 aliphatic heterocycles. The molecule has 1 saturated carbocycles. The van der Waals surface area contributed by atoms with E-state index in [2.05, 4.69) is 12.2 Å². The third-order valence-corrected chi connectivity index (χ3v) is 9.71. The molecular weight excluding hydrogens is 420 g/mol. The summed E-state index contributed by atoms with van der Waals surface area (Å²) in [5, 5.41) is 5.46. The monoisotopic (exact) mass is 456 g/mol. The lowest BCUT2D eigenvalue weighted by Crippen LogP contribution is -2.44. The molecule has 5 rings (SSSR count). The Morgan fingerprint density at radius 1 is 1.03 bits per heavy atom. The van der Waals surface area contributed by atoms with Crippen molar-refractivity contribution in [1.82, 2.24) is 9.62 Å². The van der Waals surface area contributed by atoms with Crippen molar-refractivity contribution in [2.75, 3.05) is 13.1 Å². The Hall–Kier alpha value is -1.63. The van der Waals surface area contributed by atoms with Crippen LogP contribution in [0.3, 0.4) is 0 Å². The average molecular weight is 457 g/mol. The second kappa shape index (κ2) is 9.32. The fourth-order valence-electron chi connectivity index (χ4n) is 6.01. The van der Waals surface area contributed by atoms with Crippen LogP contribution in [-0.4, -0.2) is 44.0 Å². The lowest BCUT2D eigenvalue weighted by atomic mass is 9.84. The summed E-state index contributed by atoms with van der Waals surface area (Å²) in [4.78, 5) is 0.374. The standard InChI is InChI=1S/C26H36N2O3S/c1-19(25-13-4-5-14-27-25)31-26-18-23(17-21-10-2-3-12-24(21)26)32(29,30)28-15-7-9-20-8-6-11-22(28)16-20/h2-3,10,12,17-20,22,25,27H,4-9,11,13-16H2,1H3. The normalized spacial score (nSPS) is 28.2. The number of nitrogens with zero attached hydrogens (tertiary/aromatic N) is 1. The molecule has 6 heteroatoms. The first-order valence-corrected chi connectivity index (χ1v) is 13.9. The van der Waals surface area contributed by atoms with Gasteiger partial charge >= 0.3 is 0 Å². The molecule has 0 amide bonds. The highest BCUT2D eigenvalue weighted by atomic mass is 32.2. The van der Waals surface area contributed by atoms with E-state index in [1.54, 1.807) is 6.07 Å². The first-order chi connectivity index (χ1) is 15.5. The molecular formula is C26H36N2O3S. The first kappa shape index (κ1) is 22.2. The van der Waals surface area contributed by atoms with E-state index in [0.717, 1.165) is 55.8 Å². The summed E-state index contributed by atoms with van der Waals surface area (Å²) in [5.74, 6) is 1.37. The maximum atomic E-state index is 13.9. The summed E-state index contributed by atoms with van der Waals surface area (Å²) in [6.07, 6.45) is 9.99. The Kier molecular flexibility index (Phi) is 6.46. The fourth-order valence-corrected chi connectivity index (χ4v) is 7.77. The molecule has 1 aliphatic carbocycles. The number of hydrogen-bond acceptors (Lipinski definition) is 4. The second-order valence-electron chi connectivity index (χ2n) is 9.97. The van der Waals surface area contributed by atoms with Crippen molar-refractivity contribution in [3.05, 3.63) is 36.4 Å². The number of nitrogens with one attached hydrogen (secondary N) is 1. The molecule has 1 N–H and O–H groups in total. The summed E-state index contributed by atoms with van der Waals surface area (Å²) < 4.78 is 36.0. The van der Waals surface area contributed by atoms with Crippen LogP contribution >= 0.6 is 0 Å². The van der Waals surface area contributed by atoms with Crippen LogP contribution in [0.1, 0.15) is 64.7 Å². The van der Waals surface area contributed by atoms with E-state index in [0.29, 0.717) is 29.1 Å². The quantitative estimate of drug-likeness (QED) is 0.681. The third-order valence-electron chi connectivity index (χ3n) is 7.79. The lowest BCUT2D eigenvalue weighted by Gasteiger charge is -2.33. The van der Waals surface area contributed by atoms with Crippen molar-refractivity contribution >= 4 is 20.8 Å². The van der Waals surface area contributed by atoms with Gasteiger partial charge in [-0.2, -0.15) is 4.31 Å². The minimum absolute atomic E-state index is 0.0195. The van der Waals surface area contributed by atoms with Crippen LogP contribution in [0.15, 0.2) is 41.3 Å². The predicted molar refractivity (Wildman–Crippen MR) is 129 cm³/mol. The van der Waals surface area contributed by atoms with E-state index in [9.17, 15) is 8.42 Å². The first-order valence-electron chi connectivity index (χ1n) is 12.5. The van der Waals surface area contributed by atoms with Crippen LogP contribution in [0.4, 0.5) is 0 Å². The van der Waals surface area contributed by atoms with Crippen LogP contribution in [0.5, 0.6) is 5.75 Å². The van der Waals surface area contributed by atoms with Crippen molar-refractivity contribution in [1.29, 1.82) is 0 Å². The van der Waals surface area contributed by atoms with E-state index in [-0.39, 0.29) is 12.1 Å². The van der Waals surface area contributed by atoms with Crippen LogP contribution in [0, 0.1) is 5.92 Å². The third kappa shape index (κ3) is 4.42. The van der Waals surface area contributed by atoms with E-state index >= 15 is 0 Å². The summed E-state index contributed by atoms with van der Waals surface area (Å²) >= 11 is 0. The van der Waals surface area contributed by atoms with E-state index < -0.39 is 10.0 Å². The molecule has 2 bridgehead atoms. The Morgan fingerprint density at radius 2 is 1.88 bits per heavy atom. The zero-order valence-corrected chi connectivity index (χ0v) is 19.9. The SMILES string of the molecule is CC(Oc1cc(S(=O)(=O)N2CCCC3CCCC2C3)cc2ccccc12)C1CCCCN1. The number of piperidine rings is 1. The number of benzene rings is 2. The van der Waals surface area contributed by atoms with Gasteiger partial charge in [0.2, 0.25) is 10.0 Å². The molecule has 4 atom stereocenters. The van der Waals surface area contributed by atoms with Gasteiger partial charge in [0, 0.05) is 30.1 Å². The summed E-state index contributed by atoms with van der Waals surface area (Å²) in [7, 11) is -3.57. The molecule has 0 spiro atoms. The maximum absolute atomic E-state index is 13.9. The minimum Gasteiger partial charge on any atom is -0.488 e. The Morgan fingerprint density at radius 3 is 2.72 bits per heavy atom. The summed E-state index contributed by atoms with van der Waals surface area (Å²) in [6.45, 7) is 3.75. The number of hydrogen-bond donors (Lipinski definition) is 1. The zero-order valence-electron chi connectivity index (χ0n) is 19.1. The van der Waals surface area contributed by atoms with Crippen molar-refractivity contribution in [3.8, 4) is 5.75 Å². The van der Waals surface area contributed by atoms with E-state index in [1.165, 1.54) is 19.3 Å². The highest BCUT2D eigenvalue weighted by Crippen LogP contribution is 2.38. The van der Waals surface area contributed by atoms with Gasteiger partial charge in [-0.05, 0) is 69.4 Å². The number of rotatable bonds is 5. The van der Waals surface area contributed by atoms with Gasteiger partial charge in [-0.1, -0.05) is 43.5 Å². The van der Waals surface area contributed by atoms with E-state index in [1.807, 2.05) is 34.6 Å². The van der Waals surface area contributed by atoms with Gasteiger partial charge < -0.3 is 10.1 Å². The van der Waals surface area contributed by atoms with Gasteiger partial charge in [0.15, 0.2) is 0 Å². The smallest absolute Gasteiger partial charge is 0.243 e. The van der Waals surface area contributed by atoms with Crippen molar-refractivity contribution < 1.29 is 13.2 Å². The largest absolute Gasteiger partial charge is 0.488 e. The molecule has 2 aromatic carbocycles. The van der Waals surface area contributed by atoms with Crippen LogP contribution in [-0.2, 0) is 10.0 Å². The highest BCUT2D eigenvalue weighted by Gasteiger charge is 2.37. The fraction of sp³-hybridized carbons (Fsp3) is 0.615. The van der Waals surface area contributed by atoms with Crippen molar-refractivity contribution in [2.24, 2.45) is 5.92 Å². The maximum Gasteiger partial charge on any atom is 0.243 e. The average Bonchev–Trinajstić information content (AvgIpc) is 2.96. The minimum atomic E-state index is -3.57. The Balaban J connectivity index is 1.49. The molecule has 174 valence electrons.